The van der Waals surface area contributed by atoms with Crippen LogP contribution in [0.2, 0.25) is 0 Å². The first-order chi connectivity index (χ1) is 17.3. The lowest BCUT2D eigenvalue weighted by molar-refractivity contribution is 0.523. The number of anilines is 3. The number of hydrogen-bond donors (Lipinski definition) is 0. The monoisotopic (exact) mass is 455 g/mol. The Morgan fingerprint density at radius 1 is 0.629 bits per heavy atom. The summed E-state index contributed by atoms with van der Waals surface area (Å²) in [7, 11) is 0. The van der Waals surface area contributed by atoms with Gasteiger partial charge < -0.3 is 9.32 Å². The average Bonchev–Trinajstić information content (AvgIpc) is 3.10. The molecule has 1 aromatic heterocycles. The van der Waals surface area contributed by atoms with Gasteiger partial charge in [0, 0.05) is 22.5 Å². The second-order valence-electron chi connectivity index (χ2n) is 8.80. The normalized spacial score (nSPS) is 12.3. The van der Waals surface area contributed by atoms with Gasteiger partial charge in [0.25, 0.3) is 0 Å². The maximum absolute atomic E-state index is 13.8. The second-order valence-corrected chi connectivity index (χ2v) is 8.80. The molecule has 0 N–H and O–H groups in total. The van der Waals surface area contributed by atoms with Crippen LogP contribution >= 0.6 is 0 Å². The first-order valence-electron chi connectivity index (χ1n) is 12.0. The molecule has 0 saturated heterocycles. The molecular weight excluding hydrogens is 430 g/mol. The van der Waals surface area contributed by atoms with Gasteiger partial charge in [-0.1, -0.05) is 91.0 Å². The molecule has 4 aromatic carbocycles. The topological polar surface area (TPSA) is 33.5 Å². The molecule has 170 valence electrons. The minimum Gasteiger partial charge on any atom is -0.422 e. The first kappa shape index (κ1) is 21.2. The largest absolute Gasteiger partial charge is 0.422 e. The fourth-order valence-electron chi connectivity index (χ4n) is 5.09. The van der Waals surface area contributed by atoms with Gasteiger partial charge in [0.1, 0.15) is 5.76 Å². The summed E-state index contributed by atoms with van der Waals surface area (Å²) in [6.07, 6.45) is 2.75. The lowest BCUT2D eigenvalue weighted by Crippen LogP contribution is -2.19. The number of nitrogens with zero attached hydrogens (tertiary/aromatic N) is 1. The molecule has 0 saturated carbocycles. The standard InChI is InChI=1S/C32H25NO2/c34-32-29(24-14-4-1-5-15-24)30(28-22-12-16-23-13-10-11-21-27(23)31(28)35-32)33(25-17-6-2-7-18-25)26-19-8-3-9-20-26/h1-11,13-15,17-21H,12,16,22H2. The molecule has 35 heavy (non-hydrogen) atoms. The summed E-state index contributed by atoms with van der Waals surface area (Å²) in [5.74, 6) is 0.689. The van der Waals surface area contributed by atoms with Crippen molar-refractivity contribution < 1.29 is 4.42 Å². The number of hydrogen-bond acceptors (Lipinski definition) is 3. The Kier molecular flexibility index (Phi) is 5.51. The van der Waals surface area contributed by atoms with Crippen LogP contribution in [-0.4, -0.2) is 0 Å². The van der Waals surface area contributed by atoms with E-state index in [4.69, 9.17) is 4.42 Å². The van der Waals surface area contributed by atoms with Gasteiger partial charge in [-0.2, -0.15) is 0 Å². The molecular formula is C32H25NO2. The average molecular weight is 456 g/mol. The second kappa shape index (κ2) is 9.11. The molecule has 0 fully saturated rings. The van der Waals surface area contributed by atoms with Crippen LogP contribution in [0.3, 0.4) is 0 Å². The molecule has 0 radical (unpaired) electrons. The predicted octanol–water partition coefficient (Wildman–Crippen LogP) is 7.93. The fourth-order valence-corrected chi connectivity index (χ4v) is 5.09. The third-order valence-electron chi connectivity index (χ3n) is 6.65. The van der Waals surface area contributed by atoms with Gasteiger partial charge in [-0.15, -0.1) is 0 Å². The van der Waals surface area contributed by atoms with Crippen molar-refractivity contribution in [3.63, 3.8) is 0 Å². The molecule has 0 spiro atoms. The Bertz CT molecular complexity index is 1480. The van der Waals surface area contributed by atoms with Crippen molar-refractivity contribution in [2.24, 2.45) is 0 Å². The molecule has 1 aliphatic rings. The molecule has 0 atom stereocenters. The van der Waals surface area contributed by atoms with E-state index in [-0.39, 0.29) is 5.63 Å². The molecule has 1 heterocycles. The van der Waals surface area contributed by atoms with Crippen LogP contribution in [-0.2, 0) is 12.8 Å². The van der Waals surface area contributed by atoms with Crippen LogP contribution in [0.25, 0.3) is 22.5 Å². The minimum absolute atomic E-state index is 0.321. The molecule has 3 nitrogen and oxygen atoms in total. The molecule has 6 rings (SSSR count). The van der Waals surface area contributed by atoms with Crippen molar-refractivity contribution in [2.45, 2.75) is 19.3 Å². The van der Waals surface area contributed by atoms with Crippen molar-refractivity contribution >= 4 is 17.1 Å². The zero-order chi connectivity index (χ0) is 23.6. The van der Waals surface area contributed by atoms with Gasteiger partial charge in [0.05, 0.1) is 11.3 Å². The Morgan fingerprint density at radius 3 is 1.86 bits per heavy atom. The van der Waals surface area contributed by atoms with Gasteiger partial charge in [-0.05, 0) is 54.7 Å². The van der Waals surface area contributed by atoms with Crippen LogP contribution in [0.1, 0.15) is 17.5 Å². The Labute approximate surface area is 204 Å². The first-order valence-corrected chi connectivity index (χ1v) is 12.0. The molecule has 0 unspecified atom stereocenters. The fraction of sp³-hybridized carbons (Fsp3) is 0.0938. The highest BCUT2D eigenvalue weighted by atomic mass is 16.4. The molecule has 5 aromatic rings. The maximum Gasteiger partial charge on any atom is 0.346 e. The van der Waals surface area contributed by atoms with Crippen LogP contribution in [0.4, 0.5) is 17.1 Å². The van der Waals surface area contributed by atoms with E-state index in [0.717, 1.165) is 53.0 Å². The van der Waals surface area contributed by atoms with E-state index in [1.54, 1.807) is 0 Å². The van der Waals surface area contributed by atoms with Gasteiger partial charge in [-0.25, -0.2) is 4.79 Å². The van der Waals surface area contributed by atoms with E-state index < -0.39 is 0 Å². The van der Waals surface area contributed by atoms with Crippen LogP contribution in [0, 0.1) is 0 Å². The summed E-state index contributed by atoms with van der Waals surface area (Å²) in [5.41, 5.74) is 7.33. The van der Waals surface area contributed by atoms with E-state index in [1.807, 2.05) is 72.8 Å². The number of fused-ring (bicyclic) bond motifs is 3. The summed E-state index contributed by atoms with van der Waals surface area (Å²) in [6, 6.07) is 38.7. The number of para-hydroxylation sites is 2. The van der Waals surface area contributed by atoms with Crippen molar-refractivity contribution in [3.05, 3.63) is 137 Å². The van der Waals surface area contributed by atoms with Gasteiger partial charge >= 0.3 is 5.63 Å². The molecule has 1 aliphatic carbocycles. The quantitative estimate of drug-likeness (QED) is 0.276. The Morgan fingerprint density at radius 2 is 1.20 bits per heavy atom. The highest BCUT2D eigenvalue weighted by Crippen LogP contribution is 2.46. The summed E-state index contributed by atoms with van der Waals surface area (Å²) in [6.45, 7) is 0. The summed E-state index contributed by atoms with van der Waals surface area (Å²) < 4.78 is 6.17. The highest BCUT2D eigenvalue weighted by Gasteiger charge is 2.29. The van der Waals surface area contributed by atoms with Crippen LogP contribution in [0.5, 0.6) is 0 Å². The van der Waals surface area contributed by atoms with E-state index in [2.05, 4.69) is 47.4 Å². The van der Waals surface area contributed by atoms with Gasteiger partial charge in [0.15, 0.2) is 0 Å². The number of benzene rings is 4. The predicted molar refractivity (Wildman–Crippen MR) is 143 cm³/mol. The van der Waals surface area contributed by atoms with E-state index >= 15 is 0 Å². The van der Waals surface area contributed by atoms with E-state index in [9.17, 15) is 4.79 Å². The number of rotatable bonds is 4. The molecule has 0 bridgehead atoms. The summed E-state index contributed by atoms with van der Waals surface area (Å²) in [5, 5.41) is 0. The Balaban J connectivity index is 1.75. The number of aryl methyl sites for hydroxylation is 1. The SMILES string of the molecule is O=c1oc2c(c(N(c3ccccc3)c3ccccc3)c1-c1ccccc1)CCCc1ccccc1-2. The maximum atomic E-state index is 13.8. The van der Waals surface area contributed by atoms with E-state index in [0.29, 0.717) is 11.3 Å². The van der Waals surface area contributed by atoms with Gasteiger partial charge in [0.2, 0.25) is 0 Å². The van der Waals surface area contributed by atoms with Crippen molar-refractivity contribution in [2.75, 3.05) is 4.90 Å². The highest BCUT2D eigenvalue weighted by molar-refractivity contribution is 5.92. The van der Waals surface area contributed by atoms with E-state index in [1.165, 1.54) is 5.56 Å². The Hall–Kier alpha value is -4.37. The summed E-state index contributed by atoms with van der Waals surface area (Å²) in [4.78, 5) is 16.0. The smallest absolute Gasteiger partial charge is 0.346 e. The van der Waals surface area contributed by atoms with Gasteiger partial charge in [-0.3, -0.25) is 0 Å². The molecule has 3 heteroatoms. The minimum atomic E-state index is -0.321. The van der Waals surface area contributed by atoms with Crippen molar-refractivity contribution in [1.29, 1.82) is 0 Å². The van der Waals surface area contributed by atoms with Crippen LogP contribution < -0.4 is 10.5 Å². The van der Waals surface area contributed by atoms with Crippen LogP contribution in [0.15, 0.2) is 124 Å². The van der Waals surface area contributed by atoms with Crippen molar-refractivity contribution in [3.8, 4) is 22.5 Å². The zero-order valence-corrected chi connectivity index (χ0v) is 19.4. The third-order valence-corrected chi connectivity index (χ3v) is 6.65. The lowest BCUT2D eigenvalue weighted by atomic mass is 9.96. The summed E-state index contributed by atoms with van der Waals surface area (Å²) >= 11 is 0. The molecule has 0 amide bonds. The molecule has 0 aliphatic heterocycles. The zero-order valence-electron chi connectivity index (χ0n) is 19.4. The lowest BCUT2D eigenvalue weighted by Gasteiger charge is -2.30. The third kappa shape index (κ3) is 3.85. The van der Waals surface area contributed by atoms with Crippen molar-refractivity contribution in [1.82, 2.24) is 0 Å².